The van der Waals surface area contributed by atoms with E-state index in [1.165, 1.54) is 12.1 Å². The standard InChI is InChI=1S/C15H19FN2O3/c1-15(2,3)21-9-13(14(19)20)18-8-11-5-4-10(7-17)6-12(11)16/h4-6,13,18H,8-9H2,1-3H3,(H,19,20). The lowest BCUT2D eigenvalue weighted by atomic mass is 10.1. The summed E-state index contributed by atoms with van der Waals surface area (Å²) in [6.45, 7) is 5.50. The van der Waals surface area contributed by atoms with Gasteiger partial charge in [0.25, 0.3) is 0 Å². The minimum absolute atomic E-state index is 0.0171. The lowest BCUT2D eigenvalue weighted by Crippen LogP contribution is -2.42. The van der Waals surface area contributed by atoms with Gasteiger partial charge in [0.05, 0.1) is 23.8 Å². The van der Waals surface area contributed by atoms with Gasteiger partial charge in [0, 0.05) is 12.1 Å². The summed E-state index contributed by atoms with van der Waals surface area (Å²) < 4.78 is 19.1. The number of carbonyl (C=O) groups is 1. The predicted molar refractivity (Wildman–Crippen MR) is 75.1 cm³/mol. The molecule has 1 aromatic carbocycles. The van der Waals surface area contributed by atoms with Crippen molar-refractivity contribution < 1.29 is 19.0 Å². The molecule has 0 radical (unpaired) electrons. The van der Waals surface area contributed by atoms with Crippen LogP contribution in [-0.4, -0.2) is 29.3 Å². The molecule has 1 aromatic rings. The maximum atomic E-state index is 13.7. The van der Waals surface area contributed by atoms with Gasteiger partial charge >= 0.3 is 5.97 Å². The monoisotopic (exact) mass is 294 g/mol. The first-order chi connectivity index (χ1) is 9.73. The molecule has 0 spiro atoms. The van der Waals surface area contributed by atoms with Gasteiger partial charge in [-0.25, -0.2) is 4.39 Å². The highest BCUT2D eigenvalue weighted by Gasteiger charge is 2.21. The summed E-state index contributed by atoms with van der Waals surface area (Å²) in [6.07, 6.45) is 0. The fourth-order valence-electron chi connectivity index (χ4n) is 1.54. The number of carboxylic acid groups (broad SMARTS) is 1. The van der Waals surface area contributed by atoms with E-state index in [2.05, 4.69) is 5.32 Å². The zero-order valence-corrected chi connectivity index (χ0v) is 12.3. The Labute approximate surface area is 123 Å². The molecule has 0 saturated carbocycles. The van der Waals surface area contributed by atoms with Gasteiger partial charge in [0.1, 0.15) is 11.9 Å². The lowest BCUT2D eigenvalue weighted by Gasteiger charge is -2.23. The van der Waals surface area contributed by atoms with Crippen LogP contribution in [0.25, 0.3) is 0 Å². The molecule has 1 unspecified atom stereocenters. The first-order valence-electron chi connectivity index (χ1n) is 6.51. The molecule has 0 bridgehead atoms. The third kappa shape index (κ3) is 5.90. The second kappa shape index (κ2) is 7.16. The zero-order valence-electron chi connectivity index (χ0n) is 12.3. The third-order valence-corrected chi connectivity index (χ3v) is 2.70. The zero-order chi connectivity index (χ0) is 16.0. The molecule has 114 valence electrons. The molecular weight excluding hydrogens is 275 g/mol. The van der Waals surface area contributed by atoms with Crippen LogP contribution in [0.3, 0.4) is 0 Å². The van der Waals surface area contributed by atoms with Crippen LogP contribution in [-0.2, 0) is 16.1 Å². The van der Waals surface area contributed by atoms with E-state index in [9.17, 15) is 9.18 Å². The maximum Gasteiger partial charge on any atom is 0.323 e. The van der Waals surface area contributed by atoms with Crippen molar-refractivity contribution in [1.29, 1.82) is 5.26 Å². The van der Waals surface area contributed by atoms with E-state index in [4.69, 9.17) is 15.1 Å². The van der Waals surface area contributed by atoms with Gasteiger partial charge in [-0.1, -0.05) is 6.07 Å². The van der Waals surface area contributed by atoms with E-state index >= 15 is 0 Å². The Bertz CT molecular complexity index is 547. The second-order valence-electron chi connectivity index (χ2n) is 5.61. The number of nitrogens with one attached hydrogen (secondary N) is 1. The highest BCUT2D eigenvalue weighted by molar-refractivity contribution is 5.73. The summed E-state index contributed by atoms with van der Waals surface area (Å²) in [5, 5.41) is 20.5. The van der Waals surface area contributed by atoms with E-state index in [0.717, 1.165) is 6.07 Å². The minimum atomic E-state index is -1.06. The van der Waals surface area contributed by atoms with E-state index < -0.39 is 23.4 Å². The Morgan fingerprint density at radius 2 is 2.19 bits per heavy atom. The number of benzene rings is 1. The van der Waals surface area contributed by atoms with E-state index in [-0.39, 0.29) is 18.7 Å². The van der Waals surface area contributed by atoms with Crippen molar-refractivity contribution in [2.24, 2.45) is 0 Å². The van der Waals surface area contributed by atoms with Crippen molar-refractivity contribution in [2.75, 3.05) is 6.61 Å². The molecule has 0 aliphatic heterocycles. The first-order valence-corrected chi connectivity index (χ1v) is 6.51. The molecule has 0 aromatic heterocycles. The topological polar surface area (TPSA) is 82.3 Å². The van der Waals surface area contributed by atoms with Crippen LogP contribution in [0.4, 0.5) is 4.39 Å². The molecule has 5 nitrogen and oxygen atoms in total. The summed E-state index contributed by atoms with van der Waals surface area (Å²) >= 11 is 0. The highest BCUT2D eigenvalue weighted by atomic mass is 19.1. The Morgan fingerprint density at radius 3 is 2.67 bits per heavy atom. The van der Waals surface area contributed by atoms with Crippen LogP contribution in [0.1, 0.15) is 31.9 Å². The van der Waals surface area contributed by atoms with Gasteiger partial charge in [0.15, 0.2) is 0 Å². The lowest BCUT2D eigenvalue weighted by molar-refractivity contribution is -0.142. The fraction of sp³-hybridized carbons (Fsp3) is 0.467. The summed E-state index contributed by atoms with van der Waals surface area (Å²) in [5.74, 6) is -1.60. The van der Waals surface area contributed by atoms with E-state index in [0.29, 0.717) is 5.56 Å². The molecular formula is C15H19FN2O3. The highest BCUT2D eigenvalue weighted by Crippen LogP contribution is 2.11. The van der Waals surface area contributed by atoms with Crippen molar-refractivity contribution in [1.82, 2.24) is 5.32 Å². The number of hydrogen-bond donors (Lipinski definition) is 2. The van der Waals surface area contributed by atoms with E-state index in [1.54, 1.807) is 0 Å². The SMILES string of the molecule is CC(C)(C)OCC(NCc1ccc(C#N)cc1F)C(=O)O. The Balaban J connectivity index is 2.65. The van der Waals surface area contributed by atoms with Crippen LogP contribution >= 0.6 is 0 Å². The maximum absolute atomic E-state index is 13.7. The molecule has 6 heteroatoms. The first kappa shape index (κ1) is 17.1. The second-order valence-corrected chi connectivity index (χ2v) is 5.61. The van der Waals surface area contributed by atoms with Gasteiger partial charge < -0.3 is 9.84 Å². The largest absolute Gasteiger partial charge is 0.480 e. The molecule has 21 heavy (non-hydrogen) atoms. The van der Waals surface area contributed by atoms with Crippen molar-refractivity contribution in [3.8, 4) is 6.07 Å². The van der Waals surface area contributed by atoms with Crippen LogP contribution in [0.5, 0.6) is 0 Å². The smallest absolute Gasteiger partial charge is 0.323 e. The Hall–Kier alpha value is -1.97. The molecule has 0 saturated heterocycles. The minimum Gasteiger partial charge on any atom is -0.480 e. The van der Waals surface area contributed by atoms with Crippen molar-refractivity contribution in [2.45, 2.75) is 39.0 Å². The van der Waals surface area contributed by atoms with Gasteiger partial charge in [-0.3, -0.25) is 10.1 Å². The summed E-state index contributed by atoms with van der Waals surface area (Å²) in [5.41, 5.74) is 0.0767. The molecule has 0 heterocycles. The normalized spacial score (nSPS) is 12.7. The van der Waals surface area contributed by atoms with Gasteiger partial charge in [0.2, 0.25) is 0 Å². The number of ether oxygens (including phenoxy) is 1. The predicted octanol–water partition coefficient (Wildman–Crippen LogP) is 2.06. The van der Waals surface area contributed by atoms with Crippen molar-refractivity contribution in [3.63, 3.8) is 0 Å². The van der Waals surface area contributed by atoms with Crippen molar-refractivity contribution in [3.05, 3.63) is 35.1 Å². The summed E-state index contributed by atoms with van der Waals surface area (Å²) in [7, 11) is 0. The van der Waals surface area contributed by atoms with Crippen LogP contribution in [0.2, 0.25) is 0 Å². The molecule has 0 aliphatic carbocycles. The Morgan fingerprint density at radius 1 is 1.52 bits per heavy atom. The van der Waals surface area contributed by atoms with Gasteiger partial charge in [-0.05, 0) is 32.9 Å². The average molecular weight is 294 g/mol. The number of rotatable bonds is 6. The van der Waals surface area contributed by atoms with Crippen LogP contribution in [0.15, 0.2) is 18.2 Å². The van der Waals surface area contributed by atoms with Gasteiger partial charge in [-0.2, -0.15) is 5.26 Å². The third-order valence-electron chi connectivity index (χ3n) is 2.70. The number of halogens is 1. The van der Waals surface area contributed by atoms with Crippen LogP contribution in [0, 0.1) is 17.1 Å². The summed E-state index contributed by atoms with van der Waals surface area (Å²) in [6, 6.07) is 4.98. The number of nitriles is 1. The molecule has 1 rings (SSSR count). The van der Waals surface area contributed by atoms with Gasteiger partial charge in [-0.15, -0.1) is 0 Å². The number of hydrogen-bond acceptors (Lipinski definition) is 4. The summed E-state index contributed by atoms with van der Waals surface area (Å²) in [4.78, 5) is 11.1. The average Bonchev–Trinajstić information content (AvgIpc) is 2.38. The quantitative estimate of drug-likeness (QED) is 0.839. The molecule has 0 amide bonds. The molecule has 0 fully saturated rings. The Kier molecular flexibility index (Phi) is 5.82. The van der Waals surface area contributed by atoms with Crippen molar-refractivity contribution >= 4 is 5.97 Å². The molecule has 0 aliphatic rings. The number of aliphatic carboxylic acids is 1. The molecule has 1 atom stereocenters. The van der Waals surface area contributed by atoms with Crippen LogP contribution < -0.4 is 5.32 Å². The number of nitrogens with zero attached hydrogens (tertiary/aromatic N) is 1. The fourth-order valence-corrected chi connectivity index (χ4v) is 1.54. The number of carboxylic acids is 1. The van der Waals surface area contributed by atoms with E-state index in [1.807, 2.05) is 26.8 Å². The molecule has 2 N–H and O–H groups in total.